The second-order valence-electron chi connectivity index (χ2n) is 8.23. The number of likely N-dealkylation sites (tertiary alicyclic amines) is 1. The normalized spacial score (nSPS) is 17.6. The molecule has 1 aromatic heterocycles. The van der Waals surface area contributed by atoms with Gasteiger partial charge in [0.2, 0.25) is 0 Å². The van der Waals surface area contributed by atoms with Gasteiger partial charge in [-0.15, -0.1) is 0 Å². The van der Waals surface area contributed by atoms with E-state index in [1.807, 2.05) is 47.6 Å². The Hall–Kier alpha value is -2.43. The maximum absolute atomic E-state index is 12.9. The van der Waals surface area contributed by atoms with E-state index in [0.29, 0.717) is 12.5 Å². The third-order valence-electron chi connectivity index (χ3n) is 5.05. The van der Waals surface area contributed by atoms with Crippen LogP contribution in [0, 0.1) is 5.92 Å². The number of carbonyl (C=O) groups excluding carboxylic acids is 1. The Kier molecular flexibility index (Phi) is 5.78. The van der Waals surface area contributed by atoms with Crippen molar-refractivity contribution >= 4 is 5.91 Å². The molecule has 1 saturated heterocycles. The second kappa shape index (κ2) is 8.07. The smallest absolute Gasteiger partial charge is 0.255 e. The van der Waals surface area contributed by atoms with Crippen LogP contribution in [0.25, 0.3) is 0 Å². The Labute approximate surface area is 161 Å². The molecule has 0 spiro atoms. The summed E-state index contributed by atoms with van der Waals surface area (Å²) in [5, 5.41) is 0. The van der Waals surface area contributed by atoms with Crippen LogP contribution in [0.2, 0.25) is 0 Å². The molecule has 1 aliphatic heterocycles. The van der Waals surface area contributed by atoms with E-state index in [1.54, 1.807) is 7.11 Å². The van der Waals surface area contributed by atoms with Crippen molar-refractivity contribution < 1.29 is 14.3 Å². The van der Waals surface area contributed by atoms with Crippen molar-refractivity contribution in [3.63, 3.8) is 0 Å². The summed E-state index contributed by atoms with van der Waals surface area (Å²) in [6.07, 6.45) is 6.04. The van der Waals surface area contributed by atoms with Crippen molar-refractivity contribution in [2.24, 2.45) is 5.92 Å². The van der Waals surface area contributed by atoms with Gasteiger partial charge in [0, 0.05) is 43.0 Å². The monoisotopic (exact) mass is 370 g/mol. The van der Waals surface area contributed by atoms with E-state index in [-0.39, 0.29) is 11.4 Å². The van der Waals surface area contributed by atoms with E-state index in [4.69, 9.17) is 9.47 Å². The minimum atomic E-state index is -0.0203. The standard InChI is InChI=1S/C22H30N2O3/c1-22(2,3)24-12-10-18(15-24)21(25)23-11-6-7-17(14-23)16-27-20-9-5-8-19(13-20)26-4/h5,8-10,12-13,15,17H,6-7,11,14,16H2,1-4H3. The molecule has 0 saturated carbocycles. The molecule has 1 aromatic carbocycles. The van der Waals surface area contributed by atoms with E-state index in [9.17, 15) is 4.79 Å². The van der Waals surface area contributed by atoms with Gasteiger partial charge in [-0.2, -0.15) is 0 Å². The lowest BCUT2D eigenvalue weighted by Crippen LogP contribution is -2.41. The first-order valence-electron chi connectivity index (χ1n) is 9.61. The molecule has 3 rings (SSSR count). The molecule has 0 bridgehead atoms. The number of hydrogen-bond acceptors (Lipinski definition) is 3. The number of rotatable bonds is 5. The molecular weight excluding hydrogens is 340 g/mol. The molecule has 0 N–H and O–H groups in total. The molecule has 2 aromatic rings. The van der Waals surface area contributed by atoms with Gasteiger partial charge in [-0.1, -0.05) is 6.07 Å². The van der Waals surface area contributed by atoms with Crippen LogP contribution in [0.15, 0.2) is 42.7 Å². The summed E-state index contributed by atoms with van der Waals surface area (Å²) < 4.78 is 13.3. The summed E-state index contributed by atoms with van der Waals surface area (Å²) in [6.45, 7) is 8.56. The first kappa shape index (κ1) is 19.3. The number of aromatic nitrogens is 1. The fourth-order valence-electron chi connectivity index (χ4n) is 3.41. The lowest BCUT2D eigenvalue weighted by atomic mass is 9.98. The van der Waals surface area contributed by atoms with Gasteiger partial charge in [-0.25, -0.2) is 0 Å². The zero-order chi connectivity index (χ0) is 19.4. The molecule has 5 heteroatoms. The van der Waals surface area contributed by atoms with Gasteiger partial charge in [0.05, 0.1) is 19.3 Å². The first-order valence-corrected chi connectivity index (χ1v) is 9.61. The Morgan fingerprint density at radius 3 is 2.70 bits per heavy atom. The van der Waals surface area contributed by atoms with Gasteiger partial charge >= 0.3 is 0 Å². The van der Waals surface area contributed by atoms with Gasteiger partial charge in [0.15, 0.2) is 0 Å². The highest BCUT2D eigenvalue weighted by molar-refractivity contribution is 5.94. The van der Waals surface area contributed by atoms with Crippen molar-refractivity contribution in [3.8, 4) is 11.5 Å². The Bertz CT molecular complexity index is 776. The van der Waals surface area contributed by atoms with Gasteiger partial charge < -0.3 is 18.9 Å². The SMILES string of the molecule is COc1cccc(OCC2CCCN(C(=O)c3ccn(C(C)(C)C)c3)C2)c1. The molecule has 1 amide bonds. The van der Waals surface area contributed by atoms with Crippen molar-refractivity contribution in [2.75, 3.05) is 26.8 Å². The predicted octanol–water partition coefficient (Wildman–Crippen LogP) is 4.18. The molecule has 5 nitrogen and oxygen atoms in total. The predicted molar refractivity (Wildman–Crippen MR) is 107 cm³/mol. The third kappa shape index (κ3) is 4.85. The summed E-state index contributed by atoms with van der Waals surface area (Å²) in [5.41, 5.74) is 0.743. The lowest BCUT2D eigenvalue weighted by molar-refractivity contribution is 0.0633. The zero-order valence-corrected chi connectivity index (χ0v) is 16.8. The number of methoxy groups -OCH3 is 1. The van der Waals surface area contributed by atoms with Crippen LogP contribution in [0.1, 0.15) is 44.0 Å². The number of ether oxygens (including phenoxy) is 2. The molecule has 1 aliphatic rings. The van der Waals surface area contributed by atoms with Crippen LogP contribution >= 0.6 is 0 Å². The highest BCUT2D eigenvalue weighted by atomic mass is 16.5. The molecule has 0 aliphatic carbocycles. The number of benzene rings is 1. The fourth-order valence-corrected chi connectivity index (χ4v) is 3.41. The maximum Gasteiger partial charge on any atom is 0.255 e. The zero-order valence-electron chi connectivity index (χ0n) is 16.8. The third-order valence-corrected chi connectivity index (χ3v) is 5.05. The van der Waals surface area contributed by atoms with Crippen molar-refractivity contribution in [1.29, 1.82) is 0 Å². The summed E-state index contributed by atoms with van der Waals surface area (Å²) in [6, 6.07) is 9.57. The largest absolute Gasteiger partial charge is 0.497 e. The van der Waals surface area contributed by atoms with E-state index >= 15 is 0 Å². The molecule has 27 heavy (non-hydrogen) atoms. The van der Waals surface area contributed by atoms with Crippen LogP contribution < -0.4 is 9.47 Å². The summed E-state index contributed by atoms with van der Waals surface area (Å²) >= 11 is 0. The van der Waals surface area contributed by atoms with E-state index in [2.05, 4.69) is 25.3 Å². The average Bonchev–Trinajstić information content (AvgIpc) is 3.17. The van der Waals surface area contributed by atoms with Gasteiger partial charge in [0.25, 0.3) is 5.91 Å². The van der Waals surface area contributed by atoms with E-state index in [1.165, 1.54) is 0 Å². The Morgan fingerprint density at radius 1 is 1.22 bits per heavy atom. The van der Waals surface area contributed by atoms with Crippen LogP contribution in [0.3, 0.4) is 0 Å². The summed E-state index contributed by atoms with van der Waals surface area (Å²) in [5.74, 6) is 2.05. The molecular formula is C22H30N2O3. The second-order valence-corrected chi connectivity index (χ2v) is 8.23. The number of carbonyl (C=O) groups is 1. The van der Waals surface area contributed by atoms with Crippen LogP contribution in [0.5, 0.6) is 11.5 Å². The van der Waals surface area contributed by atoms with Gasteiger partial charge in [-0.05, 0) is 51.8 Å². The minimum Gasteiger partial charge on any atom is -0.497 e. The van der Waals surface area contributed by atoms with Crippen molar-refractivity contribution in [3.05, 3.63) is 48.3 Å². The van der Waals surface area contributed by atoms with Gasteiger partial charge in [-0.3, -0.25) is 4.79 Å². The fraction of sp³-hybridized carbons (Fsp3) is 0.500. The molecule has 2 heterocycles. The highest BCUT2D eigenvalue weighted by Crippen LogP contribution is 2.23. The minimum absolute atomic E-state index is 0.0203. The highest BCUT2D eigenvalue weighted by Gasteiger charge is 2.26. The lowest BCUT2D eigenvalue weighted by Gasteiger charge is -2.32. The van der Waals surface area contributed by atoms with Crippen LogP contribution in [0.4, 0.5) is 0 Å². The van der Waals surface area contributed by atoms with Gasteiger partial charge in [0.1, 0.15) is 11.5 Å². The average molecular weight is 370 g/mol. The quantitative estimate of drug-likeness (QED) is 0.793. The Balaban J connectivity index is 1.58. The first-order chi connectivity index (χ1) is 12.9. The van der Waals surface area contributed by atoms with E-state index in [0.717, 1.165) is 43.0 Å². The molecule has 1 atom stereocenters. The van der Waals surface area contributed by atoms with Crippen LogP contribution in [-0.2, 0) is 5.54 Å². The maximum atomic E-state index is 12.9. The topological polar surface area (TPSA) is 43.7 Å². The van der Waals surface area contributed by atoms with Crippen molar-refractivity contribution in [2.45, 2.75) is 39.2 Å². The molecule has 1 fully saturated rings. The number of piperidine rings is 1. The summed E-state index contributed by atoms with van der Waals surface area (Å²) in [7, 11) is 1.65. The molecule has 146 valence electrons. The van der Waals surface area contributed by atoms with Crippen LogP contribution in [-0.4, -0.2) is 42.2 Å². The van der Waals surface area contributed by atoms with E-state index < -0.39 is 0 Å². The number of nitrogens with zero attached hydrogens (tertiary/aromatic N) is 2. The molecule has 1 unspecified atom stereocenters. The summed E-state index contributed by atoms with van der Waals surface area (Å²) in [4.78, 5) is 14.9. The van der Waals surface area contributed by atoms with Crippen molar-refractivity contribution in [1.82, 2.24) is 9.47 Å². The Morgan fingerprint density at radius 2 is 2.00 bits per heavy atom. The number of hydrogen-bond donors (Lipinski definition) is 0. The number of amides is 1. The molecule has 0 radical (unpaired) electrons.